The van der Waals surface area contributed by atoms with Crippen molar-refractivity contribution >= 4 is 17.4 Å². The van der Waals surface area contributed by atoms with E-state index in [2.05, 4.69) is 10.6 Å². The highest BCUT2D eigenvalue weighted by Gasteiger charge is 2.12. The normalized spacial score (nSPS) is 10.1. The van der Waals surface area contributed by atoms with Gasteiger partial charge in [0.1, 0.15) is 5.82 Å². The molecule has 0 atom stereocenters. The Morgan fingerprint density at radius 1 is 1.09 bits per heavy atom. The molecule has 4 nitrogen and oxygen atoms in total. The van der Waals surface area contributed by atoms with Crippen LogP contribution >= 0.6 is 0 Å². The van der Waals surface area contributed by atoms with E-state index >= 15 is 0 Å². The molecule has 0 heterocycles. The molecule has 22 heavy (non-hydrogen) atoms. The Morgan fingerprint density at radius 2 is 1.77 bits per heavy atom. The molecule has 2 N–H and O–H groups in total. The summed E-state index contributed by atoms with van der Waals surface area (Å²) in [5, 5.41) is 5.60. The Kier molecular flexibility index (Phi) is 4.88. The number of carbonyl (C=O) groups is 2. The van der Waals surface area contributed by atoms with Crippen molar-refractivity contribution in [2.24, 2.45) is 0 Å². The molecule has 0 bridgehead atoms. The largest absolute Gasteiger partial charge is 0.380 e. The number of carbonyl (C=O) groups excluding carboxylic acids is 2. The van der Waals surface area contributed by atoms with Crippen LogP contribution in [0.25, 0.3) is 0 Å². The first-order valence-electron chi connectivity index (χ1n) is 6.87. The molecule has 0 unspecified atom stereocenters. The van der Waals surface area contributed by atoms with Gasteiger partial charge in [-0.2, -0.15) is 0 Å². The molecule has 2 rings (SSSR count). The fourth-order valence-corrected chi connectivity index (χ4v) is 2.14. The Morgan fingerprint density at radius 3 is 2.36 bits per heavy atom. The summed E-state index contributed by atoms with van der Waals surface area (Å²) in [6.45, 7) is 1.76. The first-order chi connectivity index (χ1) is 10.5. The predicted molar refractivity (Wildman–Crippen MR) is 83.6 cm³/mol. The third-order valence-electron chi connectivity index (χ3n) is 3.29. The summed E-state index contributed by atoms with van der Waals surface area (Å²) in [7, 11) is 1.57. The Labute approximate surface area is 128 Å². The summed E-state index contributed by atoms with van der Waals surface area (Å²) in [4.78, 5) is 23.0. The van der Waals surface area contributed by atoms with Gasteiger partial charge in [-0.05, 0) is 36.8 Å². The van der Waals surface area contributed by atoms with Crippen LogP contribution in [0, 0.1) is 5.82 Å². The number of halogens is 1. The van der Waals surface area contributed by atoms with Crippen LogP contribution in [0.2, 0.25) is 0 Å². The lowest BCUT2D eigenvalue weighted by atomic mass is 10.1. The molecule has 0 radical (unpaired) electrons. The second-order valence-corrected chi connectivity index (χ2v) is 4.85. The maximum absolute atomic E-state index is 13.7. The molecular weight excluding hydrogens is 283 g/mol. The van der Waals surface area contributed by atoms with Gasteiger partial charge < -0.3 is 10.6 Å². The van der Waals surface area contributed by atoms with Crippen molar-refractivity contribution in [1.29, 1.82) is 0 Å². The minimum absolute atomic E-state index is 0.0597. The second-order valence-electron chi connectivity index (χ2n) is 4.85. The zero-order valence-corrected chi connectivity index (χ0v) is 12.4. The molecule has 0 aromatic heterocycles. The second kappa shape index (κ2) is 6.85. The lowest BCUT2D eigenvalue weighted by Gasteiger charge is -2.11. The molecule has 2 aromatic rings. The van der Waals surface area contributed by atoms with Gasteiger partial charge in [0, 0.05) is 24.8 Å². The van der Waals surface area contributed by atoms with Crippen molar-refractivity contribution in [2.75, 3.05) is 12.4 Å². The topological polar surface area (TPSA) is 58.2 Å². The van der Waals surface area contributed by atoms with Gasteiger partial charge in [0.25, 0.3) is 5.91 Å². The number of anilines is 1. The molecule has 0 saturated carbocycles. The van der Waals surface area contributed by atoms with E-state index in [-0.39, 0.29) is 17.3 Å². The van der Waals surface area contributed by atoms with E-state index in [0.717, 1.165) is 5.56 Å². The number of benzene rings is 2. The third kappa shape index (κ3) is 3.49. The van der Waals surface area contributed by atoms with Crippen molar-refractivity contribution in [3.8, 4) is 0 Å². The molecule has 1 amide bonds. The molecule has 114 valence electrons. The maximum Gasteiger partial charge on any atom is 0.251 e. The summed E-state index contributed by atoms with van der Waals surface area (Å²) in [6.07, 6.45) is 0. The summed E-state index contributed by atoms with van der Waals surface area (Å²) >= 11 is 0. The molecule has 0 aliphatic carbocycles. The lowest BCUT2D eigenvalue weighted by molar-refractivity contribution is 0.0961. The standard InChI is InChI=1S/C17H17FN2O2/c1-11(21)16-14(18)4-3-5-15(16)20-10-12-6-8-13(9-7-12)17(22)19-2/h3-9,20H,10H2,1-2H3,(H,19,22). The van der Waals surface area contributed by atoms with Gasteiger partial charge in [-0.1, -0.05) is 18.2 Å². The fourth-order valence-electron chi connectivity index (χ4n) is 2.14. The summed E-state index contributed by atoms with van der Waals surface area (Å²) in [5.41, 5.74) is 2.01. The SMILES string of the molecule is CNC(=O)c1ccc(CNc2cccc(F)c2C(C)=O)cc1. The van der Waals surface area contributed by atoms with E-state index in [4.69, 9.17) is 0 Å². The van der Waals surface area contributed by atoms with Crippen LogP contribution in [-0.4, -0.2) is 18.7 Å². The highest BCUT2D eigenvalue weighted by atomic mass is 19.1. The smallest absolute Gasteiger partial charge is 0.251 e. The van der Waals surface area contributed by atoms with Gasteiger partial charge in [-0.25, -0.2) is 4.39 Å². The number of Topliss-reactive ketones (excluding diaryl/α,β-unsaturated/α-hetero) is 1. The van der Waals surface area contributed by atoms with Crippen LogP contribution in [0.3, 0.4) is 0 Å². The van der Waals surface area contributed by atoms with Gasteiger partial charge in [0.05, 0.1) is 5.56 Å². The monoisotopic (exact) mass is 300 g/mol. The van der Waals surface area contributed by atoms with Crippen molar-refractivity contribution in [1.82, 2.24) is 5.32 Å². The third-order valence-corrected chi connectivity index (χ3v) is 3.29. The number of rotatable bonds is 5. The Balaban J connectivity index is 2.12. The van der Waals surface area contributed by atoms with Crippen molar-refractivity contribution in [2.45, 2.75) is 13.5 Å². The van der Waals surface area contributed by atoms with Gasteiger partial charge >= 0.3 is 0 Å². The number of nitrogens with one attached hydrogen (secondary N) is 2. The lowest BCUT2D eigenvalue weighted by Crippen LogP contribution is -2.17. The number of amides is 1. The van der Waals surface area contributed by atoms with E-state index in [9.17, 15) is 14.0 Å². The molecule has 0 fully saturated rings. The average Bonchev–Trinajstić information content (AvgIpc) is 2.52. The van der Waals surface area contributed by atoms with Crippen LogP contribution in [-0.2, 0) is 6.54 Å². The molecule has 2 aromatic carbocycles. The summed E-state index contributed by atoms with van der Waals surface area (Å²) in [6, 6.07) is 11.5. The molecule has 5 heteroatoms. The zero-order chi connectivity index (χ0) is 16.1. The number of hydrogen-bond donors (Lipinski definition) is 2. The van der Waals surface area contributed by atoms with E-state index in [1.807, 2.05) is 12.1 Å². The van der Waals surface area contributed by atoms with Crippen LogP contribution in [0.15, 0.2) is 42.5 Å². The molecular formula is C17H17FN2O2. The first kappa shape index (κ1) is 15.7. The van der Waals surface area contributed by atoms with Crippen molar-refractivity contribution in [3.05, 3.63) is 65.0 Å². The van der Waals surface area contributed by atoms with Gasteiger partial charge in [0.2, 0.25) is 0 Å². The van der Waals surface area contributed by atoms with Crippen LogP contribution < -0.4 is 10.6 Å². The van der Waals surface area contributed by atoms with Gasteiger partial charge in [-0.3, -0.25) is 9.59 Å². The summed E-state index contributed by atoms with van der Waals surface area (Å²) < 4.78 is 13.7. The van der Waals surface area contributed by atoms with E-state index in [1.54, 1.807) is 31.3 Å². The molecule has 0 spiro atoms. The average molecular weight is 300 g/mol. The zero-order valence-electron chi connectivity index (χ0n) is 12.4. The van der Waals surface area contributed by atoms with Crippen LogP contribution in [0.5, 0.6) is 0 Å². The van der Waals surface area contributed by atoms with E-state index < -0.39 is 5.82 Å². The molecule has 0 saturated heterocycles. The Bertz CT molecular complexity index is 696. The van der Waals surface area contributed by atoms with Gasteiger partial charge in [-0.15, -0.1) is 0 Å². The molecule has 0 aliphatic heterocycles. The number of ketones is 1. The maximum atomic E-state index is 13.7. The van der Waals surface area contributed by atoms with Crippen LogP contribution in [0.1, 0.15) is 33.2 Å². The van der Waals surface area contributed by atoms with Crippen molar-refractivity contribution in [3.63, 3.8) is 0 Å². The molecule has 0 aliphatic rings. The van der Waals surface area contributed by atoms with Crippen LogP contribution in [0.4, 0.5) is 10.1 Å². The summed E-state index contributed by atoms with van der Waals surface area (Å²) in [5.74, 6) is -1.01. The highest BCUT2D eigenvalue weighted by Crippen LogP contribution is 2.20. The quantitative estimate of drug-likeness (QED) is 0.835. The van der Waals surface area contributed by atoms with Gasteiger partial charge in [0.15, 0.2) is 5.78 Å². The minimum Gasteiger partial charge on any atom is -0.380 e. The first-order valence-corrected chi connectivity index (χ1v) is 6.87. The van der Waals surface area contributed by atoms with E-state index in [1.165, 1.54) is 13.0 Å². The number of hydrogen-bond acceptors (Lipinski definition) is 3. The van der Waals surface area contributed by atoms with Crippen molar-refractivity contribution < 1.29 is 14.0 Å². The fraction of sp³-hybridized carbons (Fsp3) is 0.176. The minimum atomic E-state index is -0.535. The van der Waals surface area contributed by atoms with E-state index in [0.29, 0.717) is 17.8 Å². The highest BCUT2D eigenvalue weighted by molar-refractivity contribution is 5.99. The predicted octanol–water partition coefficient (Wildman–Crippen LogP) is 3.00. The Hall–Kier alpha value is -2.69.